The van der Waals surface area contributed by atoms with Gasteiger partial charge in [0.2, 0.25) is 5.91 Å². The summed E-state index contributed by atoms with van der Waals surface area (Å²) in [4.78, 5) is 14.5. The second-order valence-electron chi connectivity index (χ2n) is 7.37. The highest BCUT2D eigenvalue weighted by Crippen LogP contribution is 2.22. The van der Waals surface area contributed by atoms with Crippen LogP contribution in [-0.2, 0) is 11.3 Å². The monoisotopic (exact) mass is 342 g/mol. The minimum Gasteiger partial charge on any atom is -0.346 e. The van der Waals surface area contributed by atoms with Crippen molar-refractivity contribution in [3.63, 3.8) is 0 Å². The van der Waals surface area contributed by atoms with Crippen LogP contribution in [0.4, 0.5) is 5.69 Å². The molecule has 5 nitrogen and oxygen atoms in total. The molecular weight excluding hydrogens is 312 g/mol. The number of rotatable bonds is 7. The van der Waals surface area contributed by atoms with Gasteiger partial charge in [-0.2, -0.15) is 0 Å². The van der Waals surface area contributed by atoms with Crippen molar-refractivity contribution in [1.29, 1.82) is 0 Å². The van der Waals surface area contributed by atoms with Crippen LogP contribution in [0.5, 0.6) is 0 Å². The van der Waals surface area contributed by atoms with Crippen LogP contribution in [0.25, 0.3) is 10.9 Å². The average Bonchev–Trinajstić information content (AvgIpc) is 3.01. The third-order valence-corrected chi connectivity index (χ3v) is 5.08. The van der Waals surface area contributed by atoms with Crippen molar-refractivity contribution in [3.05, 3.63) is 30.5 Å². The summed E-state index contributed by atoms with van der Waals surface area (Å²) in [6.07, 6.45) is 6.12. The van der Waals surface area contributed by atoms with E-state index in [0.29, 0.717) is 12.3 Å². The minimum absolute atomic E-state index is 0.129. The summed E-state index contributed by atoms with van der Waals surface area (Å²) < 4.78 is 2.25. The highest BCUT2D eigenvalue weighted by molar-refractivity contribution is 5.93. The molecule has 3 rings (SSSR count). The number of amides is 1. The quantitative estimate of drug-likeness (QED) is 0.813. The molecule has 2 heterocycles. The molecule has 1 aliphatic rings. The Hall–Kier alpha value is -1.85. The van der Waals surface area contributed by atoms with Crippen molar-refractivity contribution in [2.75, 3.05) is 39.0 Å². The fraction of sp³-hybridized carbons (Fsp3) is 0.550. The van der Waals surface area contributed by atoms with Gasteiger partial charge in [0.1, 0.15) is 0 Å². The lowest BCUT2D eigenvalue weighted by atomic mass is 9.93. The molecule has 1 aromatic heterocycles. The first-order valence-corrected chi connectivity index (χ1v) is 9.36. The van der Waals surface area contributed by atoms with Crippen molar-refractivity contribution in [2.45, 2.75) is 32.2 Å². The fourth-order valence-electron chi connectivity index (χ4n) is 3.49. The standard InChI is InChI=1S/C20H30N4O/c1-23(2)13-14-24-12-9-17-4-5-18(15-19(17)24)22-20(25)6-3-16-7-10-21-11-8-16/h4-5,9,12,15-16,21H,3,6-8,10-11,13-14H2,1-2H3,(H,22,25). The molecule has 1 aromatic carbocycles. The molecule has 2 N–H and O–H groups in total. The van der Waals surface area contributed by atoms with Crippen LogP contribution in [0.15, 0.2) is 30.5 Å². The van der Waals surface area contributed by atoms with E-state index in [1.165, 1.54) is 23.7 Å². The van der Waals surface area contributed by atoms with Gasteiger partial charge in [-0.3, -0.25) is 4.79 Å². The Morgan fingerprint density at radius 1 is 1.28 bits per heavy atom. The lowest BCUT2D eigenvalue weighted by Crippen LogP contribution is -2.28. The molecule has 5 heteroatoms. The summed E-state index contributed by atoms with van der Waals surface area (Å²) in [7, 11) is 4.17. The largest absolute Gasteiger partial charge is 0.346 e. The smallest absolute Gasteiger partial charge is 0.224 e. The molecule has 1 amide bonds. The normalized spacial score (nSPS) is 15.8. The van der Waals surface area contributed by atoms with Crippen LogP contribution in [0.2, 0.25) is 0 Å². The van der Waals surface area contributed by atoms with Crippen molar-refractivity contribution < 1.29 is 4.79 Å². The topological polar surface area (TPSA) is 49.3 Å². The van der Waals surface area contributed by atoms with Crippen molar-refractivity contribution >= 4 is 22.5 Å². The lowest BCUT2D eigenvalue weighted by Gasteiger charge is -2.22. The summed E-state index contributed by atoms with van der Waals surface area (Å²) in [5.41, 5.74) is 2.07. The molecule has 0 unspecified atom stereocenters. The van der Waals surface area contributed by atoms with E-state index in [0.717, 1.165) is 38.3 Å². The number of nitrogens with zero attached hydrogens (tertiary/aromatic N) is 2. The Morgan fingerprint density at radius 3 is 2.84 bits per heavy atom. The molecule has 25 heavy (non-hydrogen) atoms. The van der Waals surface area contributed by atoms with Gasteiger partial charge in [-0.05, 0) is 76.0 Å². The van der Waals surface area contributed by atoms with E-state index in [4.69, 9.17) is 0 Å². The molecule has 0 radical (unpaired) electrons. The second-order valence-corrected chi connectivity index (χ2v) is 7.37. The van der Waals surface area contributed by atoms with E-state index < -0.39 is 0 Å². The van der Waals surface area contributed by atoms with Crippen molar-refractivity contribution in [1.82, 2.24) is 14.8 Å². The van der Waals surface area contributed by atoms with Gasteiger partial charge in [-0.1, -0.05) is 6.07 Å². The Morgan fingerprint density at radius 2 is 2.08 bits per heavy atom. The molecule has 0 aliphatic carbocycles. The molecular formula is C20H30N4O. The molecule has 1 aliphatic heterocycles. The number of fused-ring (bicyclic) bond motifs is 1. The summed E-state index contributed by atoms with van der Waals surface area (Å²) in [6, 6.07) is 8.31. The van der Waals surface area contributed by atoms with Crippen molar-refractivity contribution in [3.8, 4) is 0 Å². The SMILES string of the molecule is CN(C)CCn1ccc2ccc(NC(=O)CCC3CCNCC3)cc21. The van der Waals surface area contributed by atoms with Crippen LogP contribution >= 0.6 is 0 Å². The van der Waals surface area contributed by atoms with Gasteiger partial charge >= 0.3 is 0 Å². The van der Waals surface area contributed by atoms with Gasteiger partial charge in [0, 0.05) is 31.4 Å². The summed E-state index contributed by atoms with van der Waals surface area (Å²) in [6.45, 7) is 4.13. The first kappa shape index (κ1) is 18.0. The maximum Gasteiger partial charge on any atom is 0.224 e. The maximum atomic E-state index is 12.3. The Bertz CT molecular complexity index is 701. The fourth-order valence-corrected chi connectivity index (χ4v) is 3.49. The van der Waals surface area contributed by atoms with Gasteiger partial charge in [0.05, 0.1) is 5.52 Å². The lowest BCUT2D eigenvalue weighted by molar-refractivity contribution is -0.116. The zero-order valence-corrected chi connectivity index (χ0v) is 15.4. The Labute approximate surface area is 150 Å². The van der Waals surface area contributed by atoms with Crippen LogP contribution < -0.4 is 10.6 Å². The number of carbonyl (C=O) groups excluding carboxylic acids is 1. The van der Waals surface area contributed by atoms with Gasteiger partial charge in [-0.15, -0.1) is 0 Å². The van der Waals surface area contributed by atoms with E-state index in [2.05, 4.69) is 58.6 Å². The van der Waals surface area contributed by atoms with Gasteiger partial charge in [0.15, 0.2) is 0 Å². The zero-order valence-electron chi connectivity index (χ0n) is 15.4. The third-order valence-electron chi connectivity index (χ3n) is 5.08. The number of nitrogens with one attached hydrogen (secondary N) is 2. The Kier molecular flexibility index (Phi) is 6.10. The van der Waals surface area contributed by atoms with E-state index in [-0.39, 0.29) is 5.91 Å². The highest BCUT2D eigenvalue weighted by Gasteiger charge is 2.14. The number of aromatic nitrogens is 1. The van der Waals surface area contributed by atoms with E-state index in [9.17, 15) is 4.79 Å². The molecule has 0 atom stereocenters. The number of carbonyl (C=O) groups is 1. The van der Waals surface area contributed by atoms with E-state index in [1.54, 1.807) is 0 Å². The average molecular weight is 342 g/mol. The number of piperidine rings is 1. The van der Waals surface area contributed by atoms with Gasteiger partial charge in [0.25, 0.3) is 0 Å². The van der Waals surface area contributed by atoms with Crippen LogP contribution in [0.3, 0.4) is 0 Å². The predicted octanol–water partition coefficient (Wildman–Crippen LogP) is 2.92. The van der Waals surface area contributed by atoms with Gasteiger partial charge in [-0.25, -0.2) is 0 Å². The van der Waals surface area contributed by atoms with Crippen LogP contribution in [0.1, 0.15) is 25.7 Å². The van der Waals surface area contributed by atoms with Gasteiger partial charge < -0.3 is 20.1 Å². The van der Waals surface area contributed by atoms with Crippen molar-refractivity contribution in [2.24, 2.45) is 5.92 Å². The molecule has 136 valence electrons. The third kappa shape index (κ3) is 5.06. The number of anilines is 1. The molecule has 0 spiro atoms. The Balaban J connectivity index is 1.58. The first-order valence-electron chi connectivity index (χ1n) is 9.36. The number of likely N-dealkylation sites (N-methyl/N-ethyl adjacent to an activating group) is 1. The number of hydrogen-bond donors (Lipinski definition) is 2. The number of hydrogen-bond acceptors (Lipinski definition) is 3. The molecule has 2 aromatic rings. The van der Waals surface area contributed by atoms with Crippen LogP contribution in [0, 0.1) is 5.92 Å². The van der Waals surface area contributed by atoms with Crippen LogP contribution in [-0.4, -0.2) is 49.1 Å². The van der Waals surface area contributed by atoms with E-state index >= 15 is 0 Å². The molecule has 0 bridgehead atoms. The highest BCUT2D eigenvalue weighted by atomic mass is 16.1. The predicted molar refractivity (Wildman–Crippen MR) is 104 cm³/mol. The minimum atomic E-state index is 0.129. The molecule has 1 fully saturated rings. The molecule has 0 saturated carbocycles. The summed E-state index contributed by atoms with van der Waals surface area (Å²) >= 11 is 0. The number of benzene rings is 1. The molecule has 1 saturated heterocycles. The second kappa shape index (κ2) is 8.50. The summed E-state index contributed by atoms with van der Waals surface area (Å²) in [5.74, 6) is 0.821. The maximum absolute atomic E-state index is 12.3. The summed E-state index contributed by atoms with van der Waals surface area (Å²) in [5, 5.41) is 7.66. The van der Waals surface area contributed by atoms with E-state index in [1.807, 2.05) is 6.07 Å². The zero-order chi connectivity index (χ0) is 17.6. The first-order chi connectivity index (χ1) is 12.1.